The van der Waals surface area contributed by atoms with E-state index in [0.717, 1.165) is 0 Å². The van der Waals surface area contributed by atoms with Gasteiger partial charge in [-0.15, -0.1) is 0 Å². The minimum absolute atomic E-state index is 0.264. The predicted octanol–water partition coefficient (Wildman–Crippen LogP) is 2.46. The number of nitrogens with one attached hydrogen (secondary N) is 1. The summed E-state index contributed by atoms with van der Waals surface area (Å²) >= 11 is 0. The van der Waals surface area contributed by atoms with Gasteiger partial charge in [-0.2, -0.15) is 10.5 Å². The lowest BCUT2D eigenvalue weighted by Crippen LogP contribution is -2.02. The van der Waals surface area contributed by atoms with Gasteiger partial charge >= 0.3 is 0 Å². The molecule has 2 aromatic rings. The van der Waals surface area contributed by atoms with E-state index < -0.39 is 20.5 Å². The van der Waals surface area contributed by atoms with Crippen LogP contribution in [0.1, 0.15) is 25.2 Å². The molecular weight excluding hydrogens is 358 g/mol. The zero-order valence-corrected chi connectivity index (χ0v) is 15.4. The van der Waals surface area contributed by atoms with Crippen LogP contribution < -0.4 is 0 Å². The predicted molar refractivity (Wildman–Crippen MR) is 94.5 cm³/mol. The second-order valence-electron chi connectivity index (χ2n) is 4.58. The van der Waals surface area contributed by atoms with Crippen molar-refractivity contribution >= 4 is 20.5 Å². The number of aromatic nitrogens is 2. The van der Waals surface area contributed by atoms with Crippen LogP contribution in [0.25, 0.3) is 0 Å². The molecule has 0 spiro atoms. The maximum atomic E-state index is 11.5. The van der Waals surface area contributed by atoms with Gasteiger partial charge in [-0.25, -0.2) is 19.0 Å². The van der Waals surface area contributed by atoms with Crippen molar-refractivity contribution in [1.29, 1.82) is 15.3 Å². The Labute approximate surface area is 149 Å². The first-order valence-corrected chi connectivity index (χ1v) is 10.3. The molecule has 2 rings (SSSR count). The van der Waals surface area contributed by atoms with E-state index in [2.05, 4.69) is 9.97 Å². The Bertz CT molecular complexity index is 909. The Balaban J connectivity index is 0.000000251. The van der Waals surface area contributed by atoms with Crippen molar-refractivity contribution in [3.05, 3.63) is 48.0 Å². The Morgan fingerprint density at radius 2 is 1.64 bits per heavy atom. The van der Waals surface area contributed by atoms with Crippen LogP contribution in [0.3, 0.4) is 0 Å². The Hall–Kier alpha value is -2.62. The number of hydrogen-bond donors (Lipinski definition) is 1. The molecule has 0 saturated carbocycles. The van der Waals surface area contributed by atoms with E-state index in [4.69, 9.17) is 15.3 Å². The maximum absolute atomic E-state index is 11.5. The molecule has 130 valence electrons. The topological polar surface area (TPSA) is 131 Å². The lowest BCUT2D eigenvalue weighted by atomic mass is 10.4. The van der Waals surface area contributed by atoms with Gasteiger partial charge in [-0.1, -0.05) is 13.8 Å². The van der Waals surface area contributed by atoms with Crippen LogP contribution >= 0.6 is 0 Å². The zero-order chi connectivity index (χ0) is 18.9. The summed E-state index contributed by atoms with van der Waals surface area (Å²) in [6.07, 6.45) is 2.82. The second kappa shape index (κ2) is 9.62. The molecule has 2 heterocycles. The Morgan fingerprint density at radius 3 is 2.00 bits per heavy atom. The minimum Gasteiger partial charge on any atom is -0.254 e. The third-order valence-electron chi connectivity index (χ3n) is 3.01. The molecule has 0 amide bonds. The van der Waals surface area contributed by atoms with Gasteiger partial charge in [0.2, 0.25) is 0 Å². The maximum Gasteiger partial charge on any atom is 0.140 e. The van der Waals surface area contributed by atoms with E-state index in [1.165, 1.54) is 24.5 Å². The first-order valence-electron chi connectivity index (χ1n) is 7.25. The Kier molecular flexibility index (Phi) is 7.86. The molecule has 0 bridgehead atoms. The SMILES string of the molecule is CCS(=N)(=O)c1ccc(C#N)nc1.CCS(=O)c1ccc(C#N)nc1. The van der Waals surface area contributed by atoms with Crippen LogP contribution in [0, 0.1) is 27.4 Å². The van der Waals surface area contributed by atoms with Gasteiger partial charge in [0.15, 0.2) is 0 Å². The highest BCUT2D eigenvalue weighted by atomic mass is 32.2. The minimum atomic E-state index is -2.70. The monoisotopic (exact) mass is 375 g/mol. The van der Waals surface area contributed by atoms with Crippen molar-refractivity contribution in [3.8, 4) is 12.1 Å². The summed E-state index contributed by atoms with van der Waals surface area (Å²) < 4.78 is 30.1. The van der Waals surface area contributed by atoms with E-state index in [0.29, 0.717) is 21.2 Å². The lowest BCUT2D eigenvalue weighted by molar-refractivity contribution is 0.675. The van der Waals surface area contributed by atoms with Crippen LogP contribution in [0.15, 0.2) is 46.5 Å². The van der Waals surface area contributed by atoms with Crippen LogP contribution in [-0.2, 0) is 20.5 Å². The molecule has 9 heteroatoms. The lowest BCUT2D eigenvalue weighted by Gasteiger charge is -2.02. The molecule has 0 radical (unpaired) electrons. The molecule has 1 N–H and O–H groups in total. The summed E-state index contributed by atoms with van der Waals surface area (Å²) in [5, 5.41) is 16.9. The van der Waals surface area contributed by atoms with Crippen molar-refractivity contribution in [2.75, 3.05) is 11.5 Å². The highest BCUT2D eigenvalue weighted by Gasteiger charge is 2.07. The van der Waals surface area contributed by atoms with E-state index in [1.807, 2.05) is 19.1 Å². The fourth-order valence-corrected chi connectivity index (χ4v) is 3.12. The molecule has 0 saturated heterocycles. The highest BCUT2D eigenvalue weighted by Crippen LogP contribution is 2.10. The summed E-state index contributed by atoms with van der Waals surface area (Å²) in [7, 11) is -3.67. The molecule has 2 atom stereocenters. The average molecular weight is 375 g/mol. The molecular formula is C16H17N5O2S2. The molecule has 0 aliphatic rings. The fraction of sp³-hybridized carbons (Fsp3) is 0.250. The smallest absolute Gasteiger partial charge is 0.140 e. The summed E-state index contributed by atoms with van der Waals surface area (Å²) in [6.45, 7) is 3.53. The number of nitrogens with zero attached hydrogens (tertiary/aromatic N) is 4. The second-order valence-corrected chi connectivity index (χ2v) is 8.72. The van der Waals surface area contributed by atoms with Gasteiger partial charge in [0.1, 0.15) is 23.5 Å². The summed E-state index contributed by atoms with van der Waals surface area (Å²) in [4.78, 5) is 8.62. The molecule has 2 unspecified atom stereocenters. The van der Waals surface area contributed by atoms with E-state index in [9.17, 15) is 8.42 Å². The third kappa shape index (κ3) is 6.07. The number of hydrogen-bond acceptors (Lipinski definition) is 7. The zero-order valence-electron chi connectivity index (χ0n) is 13.8. The van der Waals surface area contributed by atoms with Gasteiger partial charge in [0.25, 0.3) is 0 Å². The number of pyridine rings is 2. The summed E-state index contributed by atoms with van der Waals surface area (Å²) in [5.74, 6) is 0.841. The molecule has 2 aromatic heterocycles. The van der Waals surface area contributed by atoms with Crippen LogP contribution in [-0.4, -0.2) is 29.9 Å². The van der Waals surface area contributed by atoms with Crippen LogP contribution in [0.4, 0.5) is 0 Å². The van der Waals surface area contributed by atoms with Crippen molar-refractivity contribution in [2.24, 2.45) is 0 Å². The highest BCUT2D eigenvalue weighted by molar-refractivity contribution is 7.92. The first kappa shape index (κ1) is 20.4. The molecule has 0 fully saturated rings. The van der Waals surface area contributed by atoms with Gasteiger partial charge < -0.3 is 0 Å². The van der Waals surface area contributed by atoms with E-state index in [1.54, 1.807) is 19.1 Å². The van der Waals surface area contributed by atoms with Gasteiger partial charge in [-0.3, -0.25) is 4.21 Å². The first-order chi connectivity index (χ1) is 11.9. The quantitative estimate of drug-likeness (QED) is 0.873. The van der Waals surface area contributed by atoms with Gasteiger partial charge in [0.05, 0.1) is 30.3 Å². The molecule has 25 heavy (non-hydrogen) atoms. The van der Waals surface area contributed by atoms with Gasteiger partial charge in [0, 0.05) is 23.9 Å². The van der Waals surface area contributed by atoms with Crippen molar-refractivity contribution in [1.82, 2.24) is 9.97 Å². The van der Waals surface area contributed by atoms with E-state index in [-0.39, 0.29) is 11.4 Å². The standard InChI is InChI=1S/C8H9N3OS.C8H8N2OS/c1-2-13(10,12)8-4-3-7(5-9)11-6-8;1-2-12(11)8-4-3-7(5-9)10-6-8/h3-4,6,10H,2H2,1H3;3-4,6H,2H2,1H3. The average Bonchev–Trinajstić information content (AvgIpc) is 2.68. The molecule has 0 aliphatic heterocycles. The van der Waals surface area contributed by atoms with E-state index >= 15 is 0 Å². The van der Waals surface area contributed by atoms with Gasteiger partial charge in [-0.05, 0) is 24.3 Å². The number of nitriles is 2. The largest absolute Gasteiger partial charge is 0.254 e. The van der Waals surface area contributed by atoms with Crippen molar-refractivity contribution in [3.63, 3.8) is 0 Å². The Morgan fingerprint density at radius 1 is 1.08 bits per heavy atom. The van der Waals surface area contributed by atoms with Crippen molar-refractivity contribution in [2.45, 2.75) is 23.6 Å². The molecule has 0 aliphatic carbocycles. The summed E-state index contributed by atoms with van der Waals surface area (Å²) in [6, 6.07) is 9.99. The fourth-order valence-electron chi connectivity index (χ4n) is 1.56. The summed E-state index contributed by atoms with van der Waals surface area (Å²) in [5.41, 5.74) is 0.627. The van der Waals surface area contributed by atoms with Crippen LogP contribution in [0.5, 0.6) is 0 Å². The molecule has 7 nitrogen and oxygen atoms in total. The molecule has 0 aromatic carbocycles. The third-order valence-corrected chi connectivity index (χ3v) is 6.12. The normalized spacial score (nSPS) is 13.3. The number of rotatable bonds is 4. The van der Waals surface area contributed by atoms with Crippen LogP contribution in [0.2, 0.25) is 0 Å². The van der Waals surface area contributed by atoms with Crippen molar-refractivity contribution < 1.29 is 8.42 Å².